The van der Waals surface area contributed by atoms with Crippen LogP contribution in [0.2, 0.25) is 0 Å². The van der Waals surface area contributed by atoms with E-state index in [1.54, 1.807) is 17.4 Å². The Balaban J connectivity index is 2.10. The molecule has 2 aromatic heterocycles. The fourth-order valence-electron chi connectivity index (χ4n) is 2.23. The summed E-state index contributed by atoms with van der Waals surface area (Å²) in [6, 6.07) is 8.81. The molecular weight excluding hydrogens is 341 g/mol. The van der Waals surface area contributed by atoms with Gasteiger partial charge in [-0.05, 0) is 46.1 Å². The monoisotopic (exact) mass is 353 g/mol. The van der Waals surface area contributed by atoms with Crippen molar-refractivity contribution in [2.24, 2.45) is 0 Å². The second-order valence-electron chi connectivity index (χ2n) is 4.43. The van der Waals surface area contributed by atoms with E-state index in [4.69, 9.17) is 4.42 Å². The lowest BCUT2D eigenvalue weighted by atomic mass is 10.1. The van der Waals surface area contributed by atoms with E-state index in [9.17, 15) is 4.39 Å². The Morgan fingerprint density at radius 3 is 2.90 bits per heavy atom. The number of thiophene rings is 1. The Kier molecular flexibility index (Phi) is 3.92. The molecule has 0 saturated heterocycles. The van der Waals surface area contributed by atoms with Crippen molar-refractivity contribution in [3.8, 4) is 0 Å². The van der Waals surface area contributed by atoms with Gasteiger partial charge in [-0.25, -0.2) is 4.39 Å². The maximum atomic E-state index is 13.7. The van der Waals surface area contributed by atoms with Crippen LogP contribution in [-0.2, 0) is 0 Å². The first-order valence-electron chi connectivity index (χ1n) is 6.35. The van der Waals surface area contributed by atoms with Crippen LogP contribution in [0.4, 0.5) is 4.39 Å². The summed E-state index contributed by atoms with van der Waals surface area (Å²) in [4.78, 5) is 1.13. The number of halogens is 2. The predicted molar refractivity (Wildman–Crippen MR) is 83.7 cm³/mol. The van der Waals surface area contributed by atoms with Gasteiger partial charge in [-0.15, -0.1) is 11.3 Å². The topological polar surface area (TPSA) is 25.2 Å². The molecule has 0 saturated carbocycles. The molecule has 20 heavy (non-hydrogen) atoms. The average molecular weight is 354 g/mol. The lowest BCUT2D eigenvalue weighted by Gasteiger charge is -2.14. The van der Waals surface area contributed by atoms with Gasteiger partial charge in [0.2, 0.25) is 0 Å². The lowest BCUT2D eigenvalue weighted by molar-refractivity contribution is 0.467. The molecule has 0 aliphatic heterocycles. The van der Waals surface area contributed by atoms with Crippen molar-refractivity contribution in [2.45, 2.75) is 13.0 Å². The van der Waals surface area contributed by atoms with Crippen molar-refractivity contribution < 1.29 is 8.81 Å². The van der Waals surface area contributed by atoms with Crippen LogP contribution in [0.1, 0.15) is 23.6 Å². The first-order valence-corrected chi connectivity index (χ1v) is 8.02. The standard InChI is InChI=1S/C15H13BrFNOS/c1-2-18-13(15-10(16)6-7-20-15)12-8-9-4-3-5-11(17)14(9)19-12/h3-8,13,18H,2H2,1H3. The van der Waals surface area contributed by atoms with Crippen molar-refractivity contribution in [2.75, 3.05) is 6.54 Å². The highest BCUT2D eigenvalue weighted by Crippen LogP contribution is 2.35. The van der Waals surface area contributed by atoms with Gasteiger partial charge in [-0.3, -0.25) is 0 Å². The number of nitrogens with one attached hydrogen (secondary N) is 1. The van der Waals surface area contributed by atoms with Crippen LogP contribution >= 0.6 is 27.3 Å². The van der Waals surface area contributed by atoms with Gasteiger partial charge in [-0.2, -0.15) is 0 Å². The van der Waals surface area contributed by atoms with Crippen molar-refractivity contribution >= 4 is 38.2 Å². The molecule has 3 rings (SSSR count). The second kappa shape index (κ2) is 5.68. The molecule has 5 heteroatoms. The Bertz CT molecular complexity index is 736. The number of benzene rings is 1. The van der Waals surface area contributed by atoms with E-state index < -0.39 is 0 Å². The van der Waals surface area contributed by atoms with E-state index in [1.165, 1.54) is 6.07 Å². The summed E-state index contributed by atoms with van der Waals surface area (Å²) in [6.45, 7) is 2.84. The highest BCUT2D eigenvalue weighted by atomic mass is 79.9. The first-order chi connectivity index (χ1) is 9.70. The van der Waals surface area contributed by atoms with Crippen LogP contribution in [0.3, 0.4) is 0 Å². The maximum Gasteiger partial charge on any atom is 0.169 e. The fraction of sp³-hybridized carbons (Fsp3) is 0.200. The van der Waals surface area contributed by atoms with Gasteiger partial charge in [0, 0.05) is 14.7 Å². The molecule has 2 nitrogen and oxygen atoms in total. The zero-order valence-electron chi connectivity index (χ0n) is 10.8. The van der Waals surface area contributed by atoms with E-state index in [0.29, 0.717) is 5.58 Å². The van der Waals surface area contributed by atoms with Crippen molar-refractivity contribution in [1.29, 1.82) is 0 Å². The van der Waals surface area contributed by atoms with Crippen molar-refractivity contribution in [3.63, 3.8) is 0 Å². The van der Waals surface area contributed by atoms with Gasteiger partial charge in [0.1, 0.15) is 11.8 Å². The smallest absolute Gasteiger partial charge is 0.169 e. The molecule has 0 bridgehead atoms. The largest absolute Gasteiger partial charge is 0.456 e. The van der Waals surface area contributed by atoms with Crippen LogP contribution in [0.15, 0.2) is 44.6 Å². The summed E-state index contributed by atoms with van der Waals surface area (Å²) in [5.41, 5.74) is 0.318. The molecule has 1 unspecified atom stereocenters. The van der Waals surface area contributed by atoms with Crippen molar-refractivity contribution in [3.05, 3.63) is 56.6 Å². The second-order valence-corrected chi connectivity index (χ2v) is 6.23. The van der Waals surface area contributed by atoms with E-state index in [2.05, 4.69) is 21.2 Å². The van der Waals surface area contributed by atoms with E-state index in [1.807, 2.05) is 30.5 Å². The minimum atomic E-state index is -0.325. The Hall–Kier alpha value is -1.17. The van der Waals surface area contributed by atoms with Gasteiger partial charge < -0.3 is 9.73 Å². The number of hydrogen-bond acceptors (Lipinski definition) is 3. The summed E-state index contributed by atoms with van der Waals surface area (Å²) < 4.78 is 20.5. The molecule has 0 aliphatic carbocycles. The molecular formula is C15H13BrFNOS. The molecule has 1 N–H and O–H groups in total. The van der Waals surface area contributed by atoms with Gasteiger partial charge in [0.15, 0.2) is 11.4 Å². The maximum absolute atomic E-state index is 13.7. The molecule has 0 fully saturated rings. The SMILES string of the molecule is CCNC(c1cc2cccc(F)c2o1)c1sccc1Br. The molecule has 0 amide bonds. The summed E-state index contributed by atoms with van der Waals surface area (Å²) in [5, 5.41) is 6.20. The lowest BCUT2D eigenvalue weighted by Crippen LogP contribution is -2.20. The van der Waals surface area contributed by atoms with Crippen LogP contribution in [0.25, 0.3) is 11.0 Å². The first kappa shape index (κ1) is 13.8. The summed E-state index contributed by atoms with van der Waals surface area (Å²) >= 11 is 5.19. The highest BCUT2D eigenvalue weighted by molar-refractivity contribution is 9.10. The number of rotatable bonds is 4. The Morgan fingerprint density at radius 2 is 2.25 bits per heavy atom. The van der Waals surface area contributed by atoms with E-state index in [0.717, 1.165) is 27.0 Å². The third-order valence-corrected chi connectivity index (χ3v) is 5.05. The minimum absolute atomic E-state index is 0.0684. The minimum Gasteiger partial charge on any atom is -0.456 e. The third kappa shape index (κ3) is 2.41. The summed E-state index contributed by atoms with van der Waals surface area (Å²) in [6.07, 6.45) is 0. The molecule has 0 radical (unpaired) electrons. The summed E-state index contributed by atoms with van der Waals surface area (Å²) in [5.74, 6) is 0.407. The van der Waals surface area contributed by atoms with Crippen LogP contribution in [-0.4, -0.2) is 6.54 Å². The highest BCUT2D eigenvalue weighted by Gasteiger charge is 2.21. The van der Waals surface area contributed by atoms with Gasteiger partial charge >= 0.3 is 0 Å². The van der Waals surface area contributed by atoms with Crippen LogP contribution < -0.4 is 5.32 Å². The quantitative estimate of drug-likeness (QED) is 0.706. The Morgan fingerprint density at radius 1 is 1.40 bits per heavy atom. The molecule has 2 heterocycles. The van der Waals surface area contributed by atoms with Gasteiger partial charge in [0.05, 0.1) is 0 Å². The zero-order chi connectivity index (χ0) is 14.1. The predicted octanol–water partition coefficient (Wildman–Crippen LogP) is 5.09. The molecule has 104 valence electrons. The van der Waals surface area contributed by atoms with Crippen LogP contribution in [0, 0.1) is 5.82 Å². The number of hydrogen-bond donors (Lipinski definition) is 1. The summed E-state index contributed by atoms with van der Waals surface area (Å²) in [7, 11) is 0. The van der Waals surface area contributed by atoms with Crippen molar-refractivity contribution in [1.82, 2.24) is 5.32 Å². The third-order valence-electron chi connectivity index (χ3n) is 3.11. The number of fused-ring (bicyclic) bond motifs is 1. The average Bonchev–Trinajstić information content (AvgIpc) is 3.03. The molecule has 1 aromatic carbocycles. The van der Waals surface area contributed by atoms with E-state index in [-0.39, 0.29) is 11.9 Å². The molecule has 0 spiro atoms. The fourth-order valence-corrected chi connectivity index (χ4v) is 3.91. The molecule has 3 aromatic rings. The normalized spacial score (nSPS) is 12.9. The van der Waals surface area contributed by atoms with E-state index >= 15 is 0 Å². The van der Waals surface area contributed by atoms with Gasteiger partial charge in [0.25, 0.3) is 0 Å². The number of para-hydroxylation sites is 1. The Labute approximate surface area is 128 Å². The van der Waals surface area contributed by atoms with Gasteiger partial charge in [-0.1, -0.05) is 19.1 Å². The molecule has 0 aliphatic rings. The number of furan rings is 1. The zero-order valence-corrected chi connectivity index (χ0v) is 13.2. The van der Waals surface area contributed by atoms with Crippen LogP contribution in [0.5, 0.6) is 0 Å². The molecule has 1 atom stereocenters.